The number of hydrogen-bond donors (Lipinski definition) is 1. The minimum absolute atomic E-state index is 0.0205. The summed E-state index contributed by atoms with van der Waals surface area (Å²) in [5.74, 6) is 0.608. The number of aromatic hydroxyl groups is 1. The molecule has 0 bridgehead atoms. The van der Waals surface area contributed by atoms with Crippen LogP contribution in [0.1, 0.15) is 23.6 Å². The lowest BCUT2D eigenvalue weighted by Crippen LogP contribution is -1.95. The maximum absolute atomic E-state index is 10.2. The smallest absolute Gasteiger partial charge is 0.175 e. The second-order valence-electron chi connectivity index (χ2n) is 6.39. The van der Waals surface area contributed by atoms with Crippen molar-refractivity contribution in [3.05, 3.63) is 90.0 Å². The first-order chi connectivity index (χ1) is 14.3. The lowest BCUT2D eigenvalue weighted by Gasteiger charge is -2.03. The van der Waals surface area contributed by atoms with Crippen molar-refractivity contribution in [2.24, 2.45) is 30.7 Å². The fraction of sp³-hybridized carbons (Fsp3) is 0.0909. The molecule has 0 radical (unpaired) electrons. The molecule has 1 aliphatic rings. The highest BCUT2D eigenvalue weighted by molar-refractivity contribution is 5.87. The molecule has 3 aromatic rings. The molecule has 0 spiro atoms. The molecule has 29 heavy (non-hydrogen) atoms. The fourth-order valence-electron chi connectivity index (χ4n) is 2.78. The largest absolute Gasteiger partial charge is 0.507 e. The summed E-state index contributed by atoms with van der Waals surface area (Å²) in [5.41, 5.74) is 2.92. The summed E-state index contributed by atoms with van der Waals surface area (Å²) in [7, 11) is 0. The molecule has 0 amide bonds. The van der Waals surface area contributed by atoms with Gasteiger partial charge in [-0.25, -0.2) is 0 Å². The van der Waals surface area contributed by atoms with Crippen molar-refractivity contribution in [3.8, 4) is 5.75 Å². The monoisotopic (exact) mass is 382 g/mol. The fourth-order valence-corrected chi connectivity index (χ4v) is 2.78. The van der Waals surface area contributed by atoms with E-state index in [0.717, 1.165) is 11.3 Å². The van der Waals surface area contributed by atoms with Gasteiger partial charge in [0.25, 0.3) is 0 Å². The van der Waals surface area contributed by atoms with E-state index in [-0.39, 0.29) is 11.8 Å². The summed E-state index contributed by atoms with van der Waals surface area (Å²) in [5, 5.41) is 34.9. The third-order valence-corrected chi connectivity index (χ3v) is 4.29. The molecule has 0 saturated carbocycles. The van der Waals surface area contributed by atoms with E-state index >= 15 is 0 Å². The third-order valence-electron chi connectivity index (χ3n) is 4.29. The van der Waals surface area contributed by atoms with Gasteiger partial charge in [0.2, 0.25) is 0 Å². The average Bonchev–Trinajstić information content (AvgIpc) is 3.24. The second-order valence-corrected chi connectivity index (χ2v) is 6.39. The van der Waals surface area contributed by atoms with Crippen molar-refractivity contribution in [2.45, 2.75) is 12.5 Å². The number of azo groups is 2. The number of nitrogens with zero attached hydrogens (tertiary/aromatic N) is 6. The molecule has 1 aliphatic heterocycles. The number of phenols is 1. The molecule has 4 rings (SSSR count). The Morgan fingerprint density at radius 1 is 0.862 bits per heavy atom. The SMILES string of the molecule is Oc1cc(N=Nc2ccccc2)ccc1/C=N/N=C1\CC(c2ccccc2)N=N1. The lowest BCUT2D eigenvalue weighted by atomic mass is 10.1. The van der Waals surface area contributed by atoms with E-state index in [1.807, 2.05) is 60.7 Å². The van der Waals surface area contributed by atoms with E-state index < -0.39 is 0 Å². The first kappa shape index (κ1) is 18.4. The molecular formula is C22H18N6O. The van der Waals surface area contributed by atoms with Crippen LogP contribution in [0.5, 0.6) is 5.75 Å². The average molecular weight is 382 g/mol. The molecule has 0 aliphatic carbocycles. The Hall–Kier alpha value is -4.00. The molecular weight excluding hydrogens is 364 g/mol. The summed E-state index contributed by atoms with van der Waals surface area (Å²) >= 11 is 0. The highest BCUT2D eigenvalue weighted by Gasteiger charge is 2.19. The molecule has 0 fully saturated rings. The maximum atomic E-state index is 10.2. The summed E-state index contributed by atoms with van der Waals surface area (Å²) < 4.78 is 0. The zero-order valence-electron chi connectivity index (χ0n) is 15.5. The van der Waals surface area contributed by atoms with Gasteiger partial charge in [-0.3, -0.25) is 0 Å². The maximum Gasteiger partial charge on any atom is 0.175 e. The summed E-state index contributed by atoms with van der Waals surface area (Å²) in [4.78, 5) is 0. The van der Waals surface area contributed by atoms with Gasteiger partial charge in [-0.2, -0.15) is 20.4 Å². The summed E-state index contributed by atoms with van der Waals surface area (Å²) in [6, 6.07) is 24.3. The van der Waals surface area contributed by atoms with Gasteiger partial charge in [0, 0.05) is 18.1 Å². The van der Waals surface area contributed by atoms with Gasteiger partial charge < -0.3 is 5.11 Å². The third kappa shape index (κ3) is 4.84. The quantitative estimate of drug-likeness (QED) is 0.320. The minimum atomic E-state index is -0.0205. The van der Waals surface area contributed by atoms with Crippen LogP contribution in [-0.2, 0) is 0 Å². The van der Waals surface area contributed by atoms with Gasteiger partial charge in [0.05, 0.1) is 17.6 Å². The van der Waals surface area contributed by atoms with Crippen LogP contribution in [0.15, 0.2) is 110 Å². The van der Waals surface area contributed by atoms with Crippen LogP contribution >= 0.6 is 0 Å². The van der Waals surface area contributed by atoms with Crippen LogP contribution < -0.4 is 0 Å². The standard InChI is InChI=1S/C22H18N6O/c29-21-13-19(25-24-18-9-5-2-6-10-18)12-11-17(21)15-23-27-22-14-20(26-28-22)16-7-3-1-4-8-16/h1-13,15,20,29H,14H2/b23-15+,25-24?,27-22+. The first-order valence-corrected chi connectivity index (χ1v) is 9.13. The molecule has 1 atom stereocenters. The zero-order valence-corrected chi connectivity index (χ0v) is 15.5. The van der Waals surface area contributed by atoms with E-state index in [1.165, 1.54) is 12.3 Å². The molecule has 1 N–H and O–H groups in total. The molecule has 7 nitrogen and oxygen atoms in total. The number of hydrogen-bond acceptors (Lipinski definition) is 6. The zero-order chi connectivity index (χ0) is 19.9. The van der Waals surface area contributed by atoms with Crippen LogP contribution in [0.3, 0.4) is 0 Å². The highest BCUT2D eigenvalue weighted by Crippen LogP contribution is 2.28. The number of rotatable bonds is 5. The van der Waals surface area contributed by atoms with Gasteiger partial charge >= 0.3 is 0 Å². The van der Waals surface area contributed by atoms with Crippen LogP contribution in [0, 0.1) is 0 Å². The molecule has 0 saturated heterocycles. The predicted molar refractivity (Wildman–Crippen MR) is 112 cm³/mol. The van der Waals surface area contributed by atoms with E-state index in [9.17, 15) is 5.11 Å². The summed E-state index contributed by atoms with van der Waals surface area (Å²) in [6.07, 6.45) is 2.08. The van der Waals surface area contributed by atoms with Gasteiger partial charge in [-0.05, 0) is 29.8 Å². The van der Waals surface area contributed by atoms with Crippen molar-refractivity contribution >= 4 is 23.4 Å². The van der Waals surface area contributed by atoms with Gasteiger partial charge in [0.15, 0.2) is 5.84 Å². The summed E-state index contributed by atoms with van der Waals surface area (Å²) in [6.45, 7) is 0. The van der Waals surface area contributed by atoms with Gasteiger partial charge in [-0.15, -0.1) is 10.2 Å². The minimum Gasteiger partial charge on any atom is -0.507 e. The Balaban J connectivity index is 1.39. The van der Waals surface area contributed by atoms with Crippen molar-refractivity contribution in [2.75, 3.05) is 0 Å². The Morgan fingerprint density at radius 2 is 1.59 bits per heavy atom. The molecule has 3 aromatic carbocycles. The highest BCUT2D eigenvalue weighted by atomic mass is 16.3. The van der Waals surface area contributed by atoms with E-state index in [0.29, 0.717) is 23.5 Å². The molecule has 7 heteroatoms. The van der Waals surface area contributed by atoms with Gasteiger partial charge in [0.1, 0.15) is 11.8 Å². The predicted octanol–water partition coefficient (Wildman–Crippen LogP) is 6.14. The Labute approximate surface area is 167 Å². The first-order valence-electron chi connectivity index (χ1n) is 9.13. The van der Waals surface area contributed by atoms with Crippen molar-refractivity contribution in [1.82, 2.24) is 0 Å². The Bertz CT molecular complexity index is 1090. The Kier molecular flexibility index (Phi) is 5.57. The second kappa shape index (κ2) is 8.79. The van der Waals surface area contributed by atoms with Gasteiger partial charge in [-0.1, -0.05) is 48.5 Å². The van der Waals surface area contributed by atoms with Crippen molar-refractivity contribution in [1.29, 1.82) is 0 Å². The normalized spacial score (nSPS) is 17.7. The lowest BCUT2D eigenvalue weighted by molar-refractivity contribution is 0.474. The molecule has 1 unspecified atom stereocenters. The number of phenolic OH excluding ortho intramolecular Hbond substituents is 1. The molecule has 0 aromatic heterocycles. The molecule has 1 heterocycles. The van der Waals surface area contributed by atoms with E-state index in [1.54, 1.807) is 12.1 Å². The van der Waals surface area contributed by atoms with E-state index in [4.69, 9.17) is 0 Å². The molecule has 142 valence electrons. The number of benzene rings is 3. The Morgan fingerprint density at radius 3 is 2.34 bits per heavy atom. The van der Waals surface area contributed by atoms with Crippen LogP contribution in [-0.4, -0.2) is 17.2 Å². The van der Waals surface area contributed by atoms with Crippen molar-refractivity contribution in [3.63, 3.8) is 0 Å². The number of amidine groups is 1. The van der Waals surface area contributed by atoms with Crippen LogP contribution in [0.4, 0.5) is 11.4 Å². The van der Waals surface area contributed by atoms with Crippen LogP contribution in [0.2, 0.25) is 0 Å². The van der Waals surface area contributed by atoms with Crippen molar-refractivity contribution < 1.29 is 5.11 Å². The van der Waals surface area contributed by atoms with E-state index in [2.05, 4.69) is 30.7 Å². The topological polar surface area (TPSA) is 94.4 Å². The van der Waals surface area contributed by atoms with Crippen LogP contribution in [0.25, 0.3) is 0 Å².